The maximum Gasteiger partial charge on any atom is 0.308 e. The van der Waals surface area contributed by atoms with Crippen molar-refractivity contribution in [3.05, 3.63) is 34.4 Å². The molecule has 2 aliphatic heterocycles. The molecule has 2 aliphatic rings. The number of nitrogens with zero attached hydrogens (tertiary/aromatic N) is 1. The molecule has 0 amide bonds. The smallest absolute Gasteiger partial charge is 0.308 e. The second kappa shape index (κ2) is 7.02. The quantitative estimate of drug-likeness (QED) is 0.866. The van der Waals surface area contributed by atoms with Gasteiger partial charge in [-0.1, -0.05) is 12.1 Å². The molecule has 3 rings (SSSR count). The van der Waals surface area contributed by atoms with Gasteiger partial charge >= 0.3 is 5.97 Å². The summed E-state index contributed by atoms with van der Waals surface area (Å²) < 4.78 is 4.87. The highest BCUT2D eigenvalue weighted by Crippen LogP contribution is 2.28. The molecule has 1 N–H and O–H groups in total. The van der Waals surface area contributed by atoms with E-state index in [4.69, 9.17) is 4.74 Å². The van der Waals surface area contributed by atoms with Crippen LogP contribution in [0.2, 0.25) is 0 Å². The number of likely N-dealkylation sites (tertiary alicyclic amines) is 1. The molecule has 0 aromatic heterocycles. The van der Waals surface area contributed by atoms with E-state index >= 15 is 0 Å². The molecule has 4 nitrogen and oxygen atoms in total. The number of nitrogens with one attached hydrogen (secondary N) is 1. The van der Waals surface area contributed by atoms with Crippen molar-refractivity contribution in [3.8, 4) is 0 Å². The molecule has 4 heteroatoms. The van der Waals surface area contributed by atoms with Gasteiger partial charge in [0, 0.05) is 25.6 Å². The number of rotatable bonds is 4. The van der Waals surface area contributed by atoms with Crippen LogP contribution in [0, 0.1) is 19.8 Å². The average molecular weight is 316 g/mol. The van der Waals surface area contributed by atoms with E-state index in [1.807, 2.05) is 0 Å². The van der Waals surface area contributed by atoms with E-state index in [2.05, 4.69) is 36.2 Å². The molecule has 2 fully saturated rings. The molecule has 0 atom stereocenters. The monoisotopic (exact) mass is 316 g/mol. The summed E-state index contributed by atoms with van der Waals surface area (Å²) in [4.78, 5) is 14.1. The number of carbonyl (C=O) groups excluding carboxylic acids is 1. The average Bonchev–Trinajstić information content (AvgIpc) is 2.50. The van der Waals surface area contributed by atoms with E-state index in [-0.39, 0.29) is 11.9 Å². The van der Waals surface area contributed by atoms with E-state index in [1.54, 1.807) is 0 Å². The Kier molecular flexibility index (Phi) is 5.02. The Morgan fingerprint density at radius 3 is 2.48 bits per heavy atom. The molecule has 126 valence electrons. The molecule has 1 aromatic carbocycles. The molecule has 0 unspecified atom stereocenters. The predicted molar refractivity (Wildman–Crippen MR) is 91.5 cm³/mol. The topological polar surface area (TPSA) is 41.6 Å². The van der Waals surface area contributed by atoms with Gasteiger partial charge in [0.25, 0.3) is 0 Å². The fourth-order valence-electron chi connectivity index (χ4n) is 3.75. The Bertz CT molecular complexity index is 573. The van der Waals surface area contributed by atoms with Gasteiger partial charge in [-0.05, 0) is 62.0 Å². The summed E-state index contributed by atoms with van der Waals surface area (Å²) in [6, 6.07) is 4.76. The van der Waals surface area contributed by atoms with Crippen LogP contribution in [-0.4, -0.2) is 44.2 Å². The SMILES string of the molecule is COC(=O)C1CCN(Cc2cc(C)c(C3CNC3)cc2C)CC1. The van der Waals surface area contributed by atoms with Gasteiger partial charge in [0.2, 0.25) is 0 Å². The van der Waals surface area contributed by atoms with Crippen molar-refractivity contribution in [1.29, 1.82) is 0 Å². The lowest BCUT2D eigenvalue weighted by Gasteiger charge is -2.32. The molecule has 0 aliphatic carbocycles. The van der Waals surface area contributed by atoms with Crippen molar-refractivity contribution in [2.45, 2.75) is 39.2 Å². The van der Waals surface area contributed by atoms with Crippen LogP contribution >= 0.6 is 0 Å². The number of hydrogen-bond donors (Lipinski definition) is 1. The predicted octanol–water partition coefficient (Wildman–Crippen LogP) is 2.38. The van der Waals surface area contributed by atoms with Gasteiger partial charge in [-0.3, -0.25) is 9.69 Å². The first-order chi connectivity index (χ1) is 11.1. The van der Waals surface area contributed by atoms with E-state index in [1.165, 1.54) is 29.4 Å². The van der Waals surface area contributed by atoms with E-state index in [0.29, 0.717) is 5.92 Å². The van der Waals surface area contributed by atoms with Gasteiger partial charge in [-0.15, -0.1) is 0 Å². The van der Waals surface area contributed by atoms with Crippen molar-refractivity contribution in [2.24, 2.45) is 5.92 Å². The third-order valence-corrected chi connectivity index (χ3v) is 5.46. The molecule has 0 radical (unpaired) electrons. The first-order valence-corrected chi connectivity index (χ1v) is 8.69. The molecular weight excluding hydrogens is 288 g/mol. The first kappa shape index (κ1) is 16.5. The zero-order chi connectivity index (χ0) is 16.4. The maximum absolute atomic E-state index is 11.6. The number of carbonyl (C=O) groups is 1. The fraction of sp³-hybridized carbons (Fsp3) is 0.632. The normalized spacial score (nSPS) is 20.3. The number of piperidine rings is 1. The van der Waals surface area contributed by atoms with E-state index < -0.39 is 0 Å². The molecule has 2 heterocycles. The van der Waals surface area contributed by atoms with Crippen molar-refractivity contribution < 1.29 is 9.53 Å². The molecule has 0 bridgehead atoms. The number of benzene rings is 1. The summed E-state index contributed by atoms with van der Waals surface area (Å²) in [5.41, 5.74) is 5.75. The molecule has 2 saturated heterocycles. The standard InChI is InChI=1S/C19H28N2O2/c1-13-9-18(17-10-20-11-17)14(2)8-16(13)12-21-6-4-15(5-7-21)19(22)23-3/h8-9,15,17,20H,4-7,10-12H2,1-3H3. The minimum atomic E-state index is -0.0462. The lowest BCUT2D eigenvalue weighted by molar-refractivity contribution is -0.147. The second-order valence-electron chi connectivity index (χ2n) is 7.06. The van der Waals surface area contributed by atoms with Crippen molar-refractivity contribution in [2.75, 3.05) is 33.3 Å². The van der Waals surface area contributed by atoms with Gasteiger partial charge in [0.1, 0.15) is 0 Å². The van der Waals surface area contributed by atoms with Crippen LogP contribution in [0.1, 0.15) is 41.0 Å². The van der Waals surface area contributed by atoms with Crippen LogP contribution < -0.4 is 5.32 Å². The largest absolute Gasteiger partial charge is 0.469 e. The van der Waals surface area contributed by atoms with Crippen LogP contribution in [0.3, 0.4) is 0 Å². The van der Waals surface area contributed by atoms with Gasteiger partial charge < -0.3 is 10.1 Å². The third kappa shape index (κ3) is 3.59. The Balaban J connectivity index is 1.62. The molecule has 0 spiro atoms. The van der Waals surface area contributed by atoms with Gasteiger partial charge in [0.15, 0.2) is 0 Å². The lowest BCUT2D eigenvalue weighted by Crippen LogP contribution is -2.40. The summed E-state index contributed by atoms with van der Waals surface area (Å²) in [6.07, 6.45) is 1.83. The Labute approximate surface area is 139 Å². The van der Waals surface area contributed by atoms with Gasteiger partial charge in [-0.25, -0.2) is 0 Å². The maximum atomic E-state index is 11.6. The highest BCUT2D eigenvalue weighted by Gasteiger charge is 2.26. The van der Waals surface area contributed by atoms with E-state index in [0.717, 1.165) is 45.6 Å². The van der Waals surface area contributed by atoms with Crippen molar-refractivity contribution >= 4 is 5.97 Å². The Morgan fingerprint density at radius 1 is 1.22 bits per heavy atom. The Morgan fingerprint density at radius 2 is 1.91 bits per heavy atom. The zero-order valence-electron chi connectivity index (χ0n) is 14.5. The van der Waals surface area contributed by atoms with Crippen LogP contribution in [0.5, 0.6) is 0 Å². The van der Waals surface area contributed by atoms with Crippen molar-refractivity contribution in [3.63, 3.8) is 0 Å². The third-order valence-electron chi connectivity index (χ3n) is 5.46. The highest BCUT2D eigenvalue weighted by molar-refractivity contribution is 5.72. The Hall–Kier alpha value is -1.39. The summed E-state index contributed by atoms with van der Waals surface area (Å²) in [5.74, 6) is 0.737. The molecule has 0 saturated carbocycles. The lowest BCUT2D eigenvalue weighted by atomic mass is 9.87. The number of aryl methyl sites for hydroxylation is 2. The summed E-state index contributed by atoms with van der Waals surface area (Å²) in [6.45, 7) is 9.63. The highest BCUT2D eigenvalue weighted by atomic mass is 16.5. The zero-order valence-corrected chi connectivity index (χ0v) is 14.5. The minimum Gasteiger partial charge on any atom is -0.469 e. The molecular formula is C19H28N2O2. The second-order valence-corrected chi connectivity index (χ2v) is 7.06. The molecule has 23 heavy (non-hydrogen) atoms. The minimum absolute atomic E-state index is 0.0462. The summed E-state index contributed by atoms with van der Waals surface area (Å²) >= 11 is 0. The number of ether oxygens (including phenoxy) is 1. The van der Waals surface area contributed by atoms with Crippen LogP contribution in [0.4, 0.5) is 0 Å². The fourth-order valence-corrected chi connectivity index (χ4v) is 3.75. The summed E-state index contributed by atoms with van der Waals surface area (Å²) in [5, 5.41) is 3.36. The van der Waals surface area contributed by atoms with Crippen LogP contribution in [0.15, 0.2) is 12.1 Å². The molecule has 1 aromatic rings. The number of methoxy groups -OCH3 is 1. The first-order valence-electron chi connectivity index (χ1n) is 8.69. The van der Waals surface area contributed by atoms with Gasteiger partial charge in [0.05, 0.1) is 13.0 Å². The van der Waals surface area contributed by atoms with Crippen molar-refractivity contribution in [1.82, 2.24) is 10.2 Å². The summed E-state index contributed by atoms with van der Waals surface area (Å²) in [7, 11) is 1.49. The number of esters is 1. The van der Waals surface area contributed by atoms with Gasteiger partial charge in [-0.2, -0.15) is 0 Å². The van der Waals surface area contributed by atoms with Crippen LogP contribution in [-0.2, 0) is 16.1 Å². The van der Waals surface area contributed by atoms with Crippen LogP contribution in [0.25, 0.3) is 0 Å². The van der Waals surface area contributed by atoms with E-state index in [9.17, 15) is 4.79 Å². The number of hydrogen-bond acceptors (Lipinski definition) is 4.